The van der Waals surface area contributed by atoms with E-state index in [4.69, 9.17) is 24.0 Å². The Bertz CT molecular complexity index is 1480. The van der Waals surface area contributed by atoms with Crippen LogP contribution in [0.4, 0.5) is 26.9 Å². The molecule has 0 spiro atoms. The molecule has 1 aromatic heterocycles. The van der Waals surface area contributed by atoms with Gasteiger partial charge in [0, 0.05) is 62.7 Å². The molecule has 2 aromatic rings. The van der Waals surface area contributed by atoms with Crippen molar-refractivity contribution in [1.29, 1.82) is 0 Å². The molecule has 2 amide bonds. The summed E-state index contributed by atoms with van der Waals surface area (Å²) < 4.78 is 18.4. The van der Waals surface area contributed by atoms with Gasteiger partial charge >= 0.3 is 12.2 Å². The van der Waals surface area contributed by atoms with E-state index in [-0.39, 0.29) is 18.1 Å². The maximum Gasteiger partial charge on any atom is 0.447 e. The molecule has 0 aliphatic carbocycles. The molecule has 3 saturated heterocycles. The van der Waals surface area contributed by atoms with E-state index >= 15 is 0 Å². The maximum absolute atomic E-state index is 14.1. The SMILES string of the molecule is Cc1cc(C2CN(C3CCN(C(=O)O[P+](C)(C)C)C3)C2)cc2c1O[C@H](C)c1c(N3CCSCC3)ncnc1N2C(=O)OC(C)(C)C. The third kappa shape index (κ3) is 6.90. The van der Waals surface area contributed by atoms with Crippen LogP contribution in [-0.2, 0) is 9.26 Å². The lowest BCUT2D eigenvalue weighted by molar-refractivity contribution is 0.0597. The Kier molecular flexibility index (Phi) is 9.10. The number of hydrogen-bond acceptors (Lipinski definition) is 10. The summed E-state index contributed by atoms with van der Waals surface area (Å²) in [4.78, 5) is 44.4. The van der Waals surface area contributed by atoms with Gasteiger partial charge in [-0.25, -0.2) is 24.5 Å². The predicted molar refractivity (Wildman–Crippen MR) is 186 cm³/mol. The first-order valence-corrected chi connectivity index (χ1v) is 20.4. The summed E-state index contributed by atoms with van der Waals surface area (Å²) in [7, 11) is -1.65. The normalized spacial score (nSPS) is 22.4. The second kappa shape index (κ2) is 12.7. The highest BCUT2D eigenvalue weighted by atomic mass is 32.2. The van der Waals surface area contributed by atoms with Crippen LogP contribution in [-0.4, -0.2) is 114 Å². The van der Waals surface area contributed by atoms with Gasteiger partial charge in [0.2, 0.25) is 0 Å². The Hall–Kier alpha value is -2.82. The highest BCUT2D eigenvalue weighted by Gasteiger charge is 2.42. The number of carbonyl (C=O) groups excluding carboxylic acids is 2. The summed E-state index contributed by atoms with van der Waals surface area (Å²) in [6, 6.07) is 4.60. The molecule has 0 saturated carbocycles. The lowest BCUT2D eigenvalue weighted by Crippen LogP contribution is -2.51. The first-order chi connectivity index (χ1) is 21.7. The highest BCUT2D eigenvalue weighted by Crippen LogP contribution is 2.50. The molecule has 11 nitrogen and oxygen atoms in total. The first kappa shape index (κ1) is 33.1. The number of hydrogen-bond donors (Lipinski definition) is 0. The summed E-state index contributed by atoms with van der Waals surface area (Å²) in [5, 5.41) is 0. The second-order valence-electron chi connectivity index (χ2n) is 14.6. The number of aromatic nitrogens is 2. The van der Waals surface area contributed by atoms with Crippen LogP contribution < -0.4 is 14.5 Å². The first-order valence-electron chi connectivity index (χ1n) is 16.2. The summed E-state index contributed by atoms with van der Waals surface area (Å²) in [5.41, 5.74) is 2.85. The maximum atomic E-state index is 14.1. The van der Waals surface area contributed by atoms with Gasteiger partial charge in [-0.3, -0.25) is 9.42 Å². The second-order valence-corrected chi connectivity index (χ2v) is 19.8. The van der Waals surface area contributed by atoms with Crippen LogP contribution in [0.2, 0.25) is 0 Å². The van der Waals surface area contributed by atoms with Gasteiger partial charge in [-0.15, -0.1) is 0 Å². The zero-order valence-electron chi connectivity index (χ0n) is 28.4. The van der Waals surface area contributed by atoms with Crippen molar-refractivity contribution in [3.63, 3.8) is 0 Å². The average Bonchev–Trinajstić information content (AvgIpc) is 3.38. The summed E-state index contributed by atoms with van der Waals surface area (Å²) in [6.07, 6.45) is 1.43. The van der Waals surface area contributed by atoms with Crippen LogP contribution in [0.15, 0.2) is 18.5 Å². The fourth-order valence-corrected chi connectivity index (χ4v) is 8.13. The van der Waals surface area contributed by atoms with Crippen LogP contribution in [0.3, 0.4) is 0 Å². The fourth-order valence-electron chi connectivity index (χ4n) is 6.65. The van der Waals surface area contributed by atoms with Crippen molar-refractivity contribution in [2.75, 3.05) is 80.6 Å². The predicted octanol–water partition coefficient (Wildman–Crippen LogP) is 6.30. The van der Waals surface area contributed by atoms with E-state index < -0.39 is 19.2 Å². The molecule has 46 heavy (non-hydrogen) atoms. The molecule has 5 heterocycles. The average molecular weight is 672 g/mol. The van der Waals surface area contributed by atoms with Gasteiger partial charge in [0.05, 0.1) is 31.2 Å². The van der Waals surface area contributed by atoms with Crippen LogP contribution in [0, 0.1) is 6.92 Å². The Morgan fingerprint density at radius 2 is 1.70 bits per heavy atom. The summed E-state index contributed by atoms with van der Waals surface area (Å²) >= 11 is 1.94. The number of carbonyl (C=O) groups is 2. The van der Waals surface area contributed by atoms with Gasteiger partial charge in [0.25, 0.3) is 0 Å². The zero-order chi connectivity index (χ0) is 33.0. The minimum Gasteiger partial charge on any atom is -0.483 e. The molecule has 2 atom stereocenters. The van der Waals surface area contributed by atoms with E-state index in [1.807, 2.05) is 71.3 Å². The van der Waals surface area contributed by atoms with Crippen molar-refractivity contribution < 1.29 is 23.6 Å². The minimum absolute atomic E-state index is 0.190. The molecule has 6 rings (SSSR count). The number of thioether (sulfide) groups is 1. The Morgan fingerprint density at radius 1 is 1.00 bits per heavy atom. The minimum atomic E-state index is -1.65. The molecule has 0 N–H and O–H groups in total. The van der Waals surface area contributed by atoms with Gasteiger partial charge < -0.3 is 19.3 Å². The van der Waals surface area contributed by atoms with Gasteiger partial charge in [-0.1, -0.05) is 6.07 Å². The molecule has 3 fully saturated rings. The number of amides is 2. The molecule has 4 aliphatic rings. The third-order valence-electron chi connectivity index (χ3n) is 8.83. The van der Waals surface area contributed by atoms with Gasteiger partial charge in [-0.2, -0.15) is 11.8 Å². The number of fused-ring (bicyclic) bond motifs is 2. The van der Waals surface area contributed by atoms with Crippen molar-refractivity contribution in [2.24, 2.45) is 0 Å². The molecule has 1 aromatic carbocycles. The number of likely N-dealkylation sites (tertiary alicyclic amines) is 2. The van der Waals surface area contributed by atoms with E-state index in [1.165, 1.54) is 0 Å². The molecule has 0 bridgehead atoms. The van der Waals surface area contributed by atoms with Gasteiger partial charge in [0.1, 0.15) is 29.6 Å². The fraction of sp³-hybridized carbons (Fsp3) is 0.636. The molecule has 0 radical (unpaired) electrons. The van der Waals surface area contributed by atoms with Crippen LogP contribution in [0.1, 0.15) is 62.8 Å². The quantitative estimate of drug-likeness (QED) is 0.345. The van der Waals surface area contributed by atoms with Crippen molar-refractivity contribution in [3.05, 3.63) is 35.2 Å². The molecule has 4 aliphatic heterocycles. The lowest BCUT2D eigenvalue weighted by Gasteiger charge is -2.43. The monoisotopic (exact) mass is 671 g/mol. The van der Waals surface area contributed by atoms with E-state index in [0.717, 1.165) is 73.2 Å². The van der Waals surface area contributed by atoms with E-state index in [9.17, 15) is 9.59 Å². The van der Waals surface area contributed by atoms with Gasteiger partial charge in [0.15, 0.2) is 13.3 Å². The van der Waals surface area contributed by atoms with Crippen LogP contribution in [0.25, 0.3) is 0 Å². The van der Waals surface area contributed by atoms with Crippen LogP contribution in [0.5, 0.6) is 5.75 Å². The lowest BCUT2D eigenvalue weighted by atomic mass is 9.88. The molecular weight excluding hydrogens is 623 g/mol. The Labute approximate surface area is 277 Å². The number of rotatable bonds is 4. The van der Waals surface area contributed by atoms with Crippen molar-refractivity contribution in [2.45, 2.75) is 64.7 Å². The molecular formula is C33H48N6O5PS+. The van der Waals surface area contributed by atoms with E-state index in [0.29, 0.717) is 29.8 Å². The Morgan fingerprint density at radius 3 is 2.37 bits per heavy atom. The smallest absolute Gasteiger partial charge is 0.447 e. The molecule has 250 valence electrons. The van der Waals surface area contributed by atoms with E-state index in [2.05, 4.69) is 21.9 Å². The van der Waals surface area contributed by atoms with Crippen molar-refractivity contribution >= 4 is 48.8 Å². The number of nitrogens with zero attached hydrogens (tertiary/aromatic N) is 6. The number of aryl methyl sites for hydroxylation is 1. The summed E-state index contributed by atoms with van der Waals surface area (Å²) in [5.74, 6) is 4.30. The van der Waals surface area contributed by atoms with Gasteiger partial charge in [-0.05, 0) is 58.2 Å². The number of anilines is 3. The zero-order valence-corrected chi connectivity index (χ0v) is 30.1. The number of ether oxygens (including phenoxy) is 2. The highest BCUT2D eigenvalue weighted by molar-refractivity contribution is 7.99. The third-order valence-corrected chi connectivity index (χ3v) is 10.5. The molecule has 13 heteroatoms. The Balaban J connectivity index is 1.29. The molecule has 1 unspecified atom stereocenters. The standard InChI is InChI=1S/C33H48N6O5PS/c1-21-15-23(24-17-38(18-24)25-9-10-37(19-25)31(40)44-45(6,7)8)16-26-28(21)42-22(2)27-29(36-11-13-46-14-12-36)34-20-35-30(27)39(26)32(41)43-33(3,4)5/h15-16,20,22,24-25H,9-14,17-19H2,1-8H3/q+1/t22-,25?/m1/s1. The van der Waals surface area contributed by atoms with Crippen LogP contribution >= 0.6 is 19.3 Å². The number of benzene rings is 1. The van der Waals surface area contributed by atoms with Crippen molar-refractivity contribution in [3.8, 4) is 5.75 Å². The van der Waals surface area contributed by atoms with Crippen molar-refractivity contribution in [1.82, 2.24) is 19.8 Å². The summed E-state index contributed by atoms with van der Waals surface area (Å²) in [6.45, 7) is 20.6. The topological polar surface area (TPSA) is 101 Å². The largest absolute Gasteiger partial charge is 0.483 e. The van der Waals surface area contributed by atoms with E-state index in [1.54, 1.807) is 11.2 Å².